The van der Waals surface area contributed by atoms with Gasteiger partial charge in [-0.05, 0) is 31.5 Å². The fraction of sp³-hybridized carbons (Fsp3) is 0.500. The van der Waals surface area contributed by atoms with Crippen LogP contribution in [0.5, 0.6) is 11.5 Å². The van der Waals surface area contributed by atoms with Crippen LogP contribution >= 0.6 is 0 Å². The predicted octanol–water partition coefficient (Wildman–Crippen LogP) is 1.45. The summed E-state index contributed by atoms with van der Waals surface area (Å²) in [7, 11) is 1.58. The number of carbonyl (C=O) groups excluding carboxylic acids is 1. The van der Waals surface area contributed by atoms with Crippen LogP contribution in [0.4, 0.5) is 0 Å². The van der Waals surface area contributed by atoms with Gasteiger partial charge in [-0.1, -0.05) is 6.07 Å². The summed E-state index contributed by atoms with van der Waals surface area (Å²) in [6, 6.07) is 5.67. The Bertz CT molecular complexity index is 419. The number of ether oxygens (including phenoxy) is 2. The second-order valence-electron chi connectivity index (χ2n) is 4.51. The summed E-state index contributed by atoms with van der Waals surface area (Å²) in [5.41, 5.74) is 6.54. The van der Waals surface area contributed by atoms with E-state index in [1.54, 1.807) is 7.11 Å². The van der Waals surface area contributed by atoms with E-state index in [1.807, 2.05) is 32.0 Å². The molecule has 5 heteroatoms. The highest BCUT2D eigenvalue weighted by atomic mass is 16.5. The molecular formula is C14H22N2O3. The number of rotatable bonds is 7. The molecule has 106 valence electrons. The van der Waals surface area contributed by atoms with E-state index in [-0.39, 0.29) is 11.9 Å². The molecule has 0 saturated carbocycles. The van der Waals surface area contributed by atoms with Gasteiger partial charge in [-0.3, -0.25) is 4.79 Å². The van der Waals surface area contributed by atoms with E-state index >= 15 is 0 Å². The van der Waals surface area contributed by atoms with Gasteiger partial charge in [-0.25, -0.2) is 0 Å². The van der Waals surface area contributed by atoms with Crippen molar-refractivity contribution in [3.05, 3.63) is 23.8 Å². The van der Waals surface area contributed by atoms with Crippen molar-refractivity contribution in [3.8, 4) is 11.5 Å². The zero-order chi connectivity index (χ0) is 14.3. The Kier molecular flexibility index (Phi) is 6.15. The minimum absolute atomic E-state index is 0.0241. The van der Waals surface area contributed by atoms with E-state index in [1.165, 1.54) is 0 Å². The summed E-state index contributed by atoms with van der Waals surface area (Å²) in [6.45, 7) is 4.59. The molecule has 0 heterocycles. The van der Waals surface area contributed by atoms with Crippen molar-refractivity contribution in [1.29, 1.82) is 0 Å². The Labute approximate surface area is 114 Å². The SMILES string of the molecule is COc1ccc(CN)cc1OCCC(=O)NC(C)C. The lowest BCUT2D eigenvalue weighted by Crippen LogP contribution is -2.31. The van der Waals surface area contributed by atoms with Gasteiger partial charge in [0.1, 0.15) is 0 Å². The molecule has 3 N–H and O–H groups in total. The Morgan fingerprint density at radius 1 is 1.37 bits per heavy atom. The van der Waals surface area contributed by atoms with Crippen molar-refractivity contribution in [2.45, 2.75) is 32.9 Å². The predicted molar refractivity (Wildman–Crippen MR) is 74.3 cm³/mol. The maximum absolute atomic E-state index is 11.5. The lowest BCUT2D eigenvalue weighted by molar-refractivity contribution is -0.122. The third kappa shape index (κ3) is 5.18. The van der Waals surface area contributed by atoms with Crippen LogP contribution in [0.3, 0.4) is 0 Å². The third-order valence-corrected chi connectivity index (χ3v) is 2.50. The Morgan fingerprint density at radius 2 is 2.11 bits per heavy atom. The van der Waals surface area contributed by atoms with Crippen molar-refractivity contribution in [2.24, 2.45) is 5.73 Å². The van der Waals surface area contributed by atoms with Crippen LogP contribution in [0.1, 0.15) is 25.8 Å². The fourth-order valence-corrected chi connectivity index (χ4v) is 1.61. The molecule has 0 unspecified atom stereocenters. The summed E-state index contributed by atoms with van der Waals surface area (Å²) in [5.74, 6) is 1.23. The highest BCUT2D eigenvalue weighted by molar-refractivity contribution is 5.76. The standard InChI is InChI=1S/C14H22N2O3/c1-10(2)16-14(17)6-7-19-13-8-11(9-15)4-5-12(13)18-3/h4-5,8,10H,6-7,9,15H2,1-3H3,(H,16,17). The average molecular weight is 266 g/mol. The largest absolute Gasteiger partial charge is 0.493 e. The maximum atomic E-state index is 11.5. The second kappa shape index (κ2) is 7.63. The summed E-state index contributed by atoms with van der Waals surface area (Å²) >= 11 is 0. The number of hydrogen-bond donors (Lipinski definition) is 2. The highest BCUT2D eigenvalue weighted by Gasteiger charge is 2.07. The van der Waals surface area contributed by atoms with Crippen LogP contribution in [-0.4, -0.2) is 25.7 Å². The molecule has 1 rings (SSSR count). The van der Waals surface area contributed by atoms with Gasteiger partial charge in [0.2, 0.25) is 5.91 Å². The van der Waals surface area contributed by atoms with E-state index in [0.29, 0.717) is 31.1 Å². The first-order chi connectivity index (χ1) is 9.06. The minimum Gasteiger partial charge on any atom is -0.493 e. The van der Waals surface area contributed by atoms with Gasteiger partial charge in [0.25, 0.3) is 0 Å². The van der Waals surface area contributed by atoms with Crippen LogP contribution in [0.2, 0.25) is 0 Å². The van der Waals surface area contributed by atoms with Crippen molar-refractivity contribution in [2.75, 3.05) is 13.7 Å². The van der Waals surface area contributed by atoms with E-state index < -0.39 is 0 Å². The molecule has 0 atom stereocenters. The van der Waals surface area contributed by atoms with Crippen molar-refractivity contribution in [3.63, 3.8) is 0 Å². The lowest BCUT2D eigenvalue weighted by Gasteiger charge is -2.12. The number of nitrogens with one attached hydrogen (secondary N) is 1. The van der Waals surface area contributed by atoms with E-state index in [2.05, 4.69) is 5.32 Å². The smallest absolute Gasteiger partial charge is 0.223 e. The van der Waals surface area contributed by atoms with Gasteiger partial charge in [0, 0.05) is 12.6 Å². The number of amides is 1. The van der Waals surface area contributed by atoms with Gasteiger partial charge in [0.15, 0.2) is 11.5 Å². The first kappa shape index (κ1) is 15.3. The molecule has 0 bridgehead atoms. The maximum Gasteiger partial charge on any atom is 0.223 e. The molecule has 0 fully saturated rings. The summed E-state index contributed by atoms with van der Waals surface area (Å²) in [5, 5.41) is 2.81. The molecule has 1 aromatic carbocycles. The Hall–Kier alpha value is -1.75. The minimum atomic E-state index is -0.0241. The molecule has 0 aliphatic heterocycles. The molecule has 0 aliphatic rings. The van der Waals surface area contributed by atoms with Crippen molar-refractivity contribution in [1.82, 2.24) is 5.32 Å². The number of carbonyl (C=O) groups is 1. The van der Waals surface area contributed by atoms with Gasteiger partial charge in [-0.15, -0.1) is 0 Å². The van der Waals surface area contributed by atoms with Crippen LogP contribution < -0.4 is 20.5 Å². The topological polar surface area (TPSA) is 73.6 Å². The molecular weight excluding hydrogens is 244 g/mol. The number of hydrogen-bond acceptors (Lipinski definition) is 4. The summed E-state index contributed by atoms with van der Waals surface area (Å²) in [6.07, 6.45) is 0.314. The number of benzene rings is 1. The zero-order valence-electron chi connectivity index (χ0n) is 11.7. The zero-order valence-corrected chi connectivity index (χ0v) is 11.7. The van der Waals surface area contributed by atoms with Crippen molar-refractivity contribution < 1.29 is 14.3 Å². The van der Waals surface area contributed by atoms with Crippen LogP contribution in [-0.2, 0) is 11.3 Å². The molecule has 0 spiro atoms. The normalized spacial score (nSPS) is 10.4. The molecule has 5 nitrogen and oxygen atoms in total. The Morgan fingerprint density at radius 3 is 2.68 bits per heavy atom. The molecule has 0 aromatic heterocycles. The van der Waals surface area contributed by atoms with Gasteiger partial charge >= 0.3 is 0 Å². The molecule has 0 saturated heterocycles. The number of nitrogens with two attached hydrogens (primary N) is 1. The Balaban J connectivity index is 2.54. The van der Waals surface area contributed by atoms with E-state index in [0.717, 1.165) is 5.56 Å². The van der Waals surface area contributed by atoms with Gasteiger partial charge in [-0.2, -0.15) is 0 Å². The monoisotopic (exact) mass is 266 g/mol. The first-order valence-corrected chi connectivity index (χ1v) is 6.36. The number of methoxy groups -OCH3 is 1. The van der Waals surface area contributed by atoms with Crippen molar-refractivity contribution >= 4 is 5.91 Å². The quantitative estimate of drug-likeness (QED) is 0.783. The summed E-state index contributed by atoms with van der Waals surface area (Å²) < 4.78 is 10.8. The third-order valence-electron chi connectivity index (χ3n) is 2.50. The van der Waals surface area contributed by atoms with Gasteiger partial charge in [0.05, 0.1) is 20.1 Å². The van der Waals surface area contributed by atoms with Crippen LogP contribution in [0.15, 0.2) is 18.2 Å². The molecule has 1 aromatic rings. The van der Waals surface area contributed by atoms with Crippen LogP contribution in [0, 0.1) is 0 Å². The average Bonchev–Trinajstić information content (AvgIpc) is 2.37. The summed E-state index contributed by atoms with van der Waals surface area (Å²) in [4.78, 5) is 11.5. The molecule has 0 radical (unpaired) electrons. The second-order valence-corrected chi connectivity index (χ2v) is 4.51. The van der Waals surface area contributed by atoms with Gasteiger partial charge < -0.3 is 20.5 Å². The molecule has 0 aliphatic carbocycles. The fourth-order valence-electron chi connectivity index (χ4n) is 1.61. The first-order valence-electron chi connectivity index (χ1n) is 6.36. The van der Waals surface area contributed by atoms with E-state index in [4.69, 9.17) is 15.2 Å². The van der Waals surface area contributed by atoms with Crippen LogP contribution in [0.25, 0.3) is 0 Å². The molecule has 19 heavy (non-hydrogen) atoms. The lowest BCUT2D eigenvalue weighted by atomic mass is 10.2. The van der Waals surface area contributed by atoms with E-state index in [9.17, 15) is 4.79 Å². The highest BCUT2D eigenvalue weighted by Crippen LogP contribution is 2.27. The molecule has 1 amide bonds.